The lowest BCUT2D eigenvalue weighted by Crippen LogP contribution is -2.32. The molecule has 1 N–H and O–H groups in total. The van der Waals surface area contributed by atoms with Gasteiger partial charge in [0.1, 0.15) is 15.6 Å². The van der Waals surface area contributed by atoms with Gasteiger partial charge in [-0.2, -0.15) is 0 Å². The van der Waals surface area contributed by atoms with Crippen molar-refractivity contribution in [3.05, 3.63) is 66.0 Å². The van der Waals surface area contributed by atoms with Crippen molar-refractivity contribution in [2.24, 2.45) is 0 Å². The molecule has 0 saturated heterocycles. The van der Waals surface area contributed by atoms with Crippen LogP contribution in [0.25, 0.3) is 0 Å². The third-order valence-corrected chi connectivity index (χ3v) is 4.68. The monoisotopic (exact) mass is 323 g/mol. The largest absolute Gasteiger partial charge is 0.323 e. The van der Waals surface area contributed by atoms with Crippen LogP contribution in [0, 0.1) is 5.82 Å². The van der Waals surface area contributed by atoms with Gasteiger partial charge in [-0.25, -0.2) is 4.39 Å². The topological polar surface area (TPSA) is 29.1 Å². The Morgan fingerprint density at radius 3 is 2.19 bits per heavy atom. The van der Waals surface area contributed by atoms with Crippen molar-refractivity contribution in [1.82, 2.24) is 0 Å². The molecule has 0 heterocycles. The SMILES string of the molecule is O=C(Nc1ccccc1F)[C@@]1(c2ccccc2)CC1(Cl)Cl. The van der Waals surface area contributed by atoms with E-state index >= 15 is 0 Å². The van der Waals surface area contributed by atoms with Crippen molar-refractivity contribution in [2.45, 2.75) is 16.2 Å². The highest BCUT2D eigenvalue weighted by Crippen LogP contribution is 2.65. The zero-order chi connectivity index (χ0) is 15.1. The fourth-order valence-electron chi connectivity index (χ4n) is 2.49. The van der Waals surface area contributed by atoms with Crippen molar-refractivity contribution >= 4 is 34.8 Å². The Bertz CT molecular complexity index is 690. The minimum atomic E-state index is -1.18. The van der Waals surface area contributed by atoms with Crippen molar-refractivity contribution in [1.29, 1.82) is 0 Å². The van der Waals surface area contributed by atoms with Crippen molar-refractivity contribution < 1.29 is 9.18 Å². The molecule has 2 aromatic rings. The van der Waals surface area contributed by atoms with Crippen LogP contribution in [0.15, 0.2) is 54.6 Å². The number of carbonyl (C=O) groups excluding carboxylic acids is 1. The number of rotatable bonds is 3. The van der Waals surface area contributed by atoms with Crippen LogP contribution in [-0.2, 0) is 10.2 Å². The molecular weight excluding hydrogens is 312 g/mol. The number of carbonyl (C=O) groups is 1. The van der Waals surface area contributed by atoms with E-state index in [-0.39, 0.29) is 5.69 Å². The van der Waals surface area contributed by atoms with Crippen molar-refractivity contribution in [2.75, 3.05) is 5.32 Å². The first-order valence-electron chi connectivity index (χ1n) is 6.47. The molecule has 5 heteroatoms. The van der Waals surface area contributed by atoms with Gasteiger partial charge in [0.15, 0.2) is 0 Å². The fourth-order valence-corrected chi connectivity index (χ4v) is 3.28. The fraction of sp³-hybridized carbons (Fsp3) is 0.188. The summed E-state index contributed by atoms with van der Waals surface area (Å²) in [7, 11) is 0. The summed E-state index contributed by atoms with van der Waals surface area (Å²) in [6.07, 6.45) is 0.299. The lowest BCUT2D eigenvalue weighted by Gasteiger charge is -2.18. The van der Waals surface area contributed by atoms with E-state index in [1.54, 1.807) is 24.3 Å². The van der Waals surface area contributed by atoms with E-state index in [4.69, 9.17) is 23.2 Å². The maximum absolute atomic E-state index is 13.7. The third-order valence-electron chi connectivity index (χ3n) is 3.76. The smallest absolute Gasteiger partial charge is 0.238 e. The van der Waals surface area contributed by atoms with Gasteiger partial charge < -0.3 is 5.32 Å². The Kier molecular flexibility index (Phi) is 3.42. The molecule has 1 saturated carbocycles. The summed E-state index contributed by atoms with van der Waals surface area (Å²) in [5.74, 6) is -0.895. The maximum atomic E-state index is 13.7. The van der Waals surface area contributed by atoms with E-state index in [1.165, 1.54) is 12.1 Å². The minimum absolute atomic E-state index is 0.119. The second-order valence-electron chi connectivity index (χ2n) is 5.09. The molecule has 1 aliphatic rings. The van der Waals surface area contributed by atoms with Crippen molar-refractivity contribution in [3.8, 4) is 0 Å². The summed E-state index contributed by atoms with van der Waals surface area (Å²) in [5, 5.41) is 2.58. The van der Waals surface area contributed by atoms with Crippen LogP contribution in [0.4, 0.5) is 10.1 Å². The molecule has 1 aliphatic carbocycles. The summed E-state index contributed by atoms with van der Waals surface area (Å²) in [5.41, 5.74) is -0.197. The van der Waals surface area contributed by atoms with Gasteiger partial charge in [0.05, 0.1) is 5.69 Å². The van der Waals surface area contributed by atoms with E-state index in [0.29, 0.717) is 6.42 Å². The summed E-state index contributed by atoms with van der Waals surface area (Å²) in [6, 6.07) is 15.1. The van der Waals surface area contributed by atoms with E-state index in [2.05, 4.69) is 5.32 Å². The van der Waals surface area contributed by atoms with Gasteiger partial charge in [-0.05, 0) is 17.7 Å². The second-order valence-corrected chi connectivity index (χ2v) is 6.57. The average molecular weight is 324 g/mol. The van der Waals surface area contributed by atoms with Gasteiger partial charge in [-0.1, -0.05) is 42.5 Å². The van der Waals surface area contributed by atoms with Crippen LogP contribution >= 0.6 is 23.2 Å². The highest BCUT2D eigenvalue weighted by Gasteiger charge is 2.72. The number of nitrogens with one attached hydrogen (secondary N) is 1. The molecule has 0 bridgehead atoms. The molecule has 1 fully saturated rings. The summed E-state index contributed by atoms with van der Waals surface area (Å²) >= 11 is 12.4. The number of alkyl halides is 2. The molecule has 0 aromatic heterocycles. The van der Waals surface area contributed by atoms with Crippen LogP contribution in [-0.4, -0.2) is 10.2 Å². The summed E-state index contributed by atoms with van der Waals surface area (Å²) < 4.78 is 12.5. The van der Waals surface area contributed by atoms with Gasteiger partial charge in [-0.15, -0.1) is 23.2 Å². The highest BCUT2D eigenvalue weighted by molar-refractivity contribution is 6.54. The number of hydrogen-bond acceptors (Lipinski definition) is 1. The quantitative estimate of drug-likeness (QED) is 0.839. The molecule has 1 atom stereocenters. The van der Waals surface area contributed by atoms with Gasteiger partial charge in [0.2, 0.25) is 5.91 Å². The van der Waals surface area contributed by atoms with Crippen LogP contribution in [0.3, 0.4) is 0 Å². The Hall–Kier alpha value is -1.58. The zero-order valence-electron chi connectivity index (χ0n) is 10.9. The molecular formula is C16H12Cl2FNO. The molecule has 2 nitrogen and oxygen atoms in total. The minimum Gasteiger partial charge on any atom is -0.323 e. The first-order valence-corrected chi connectivity index (χ1v) is 7.22. The molecule has 1 amide bonds. The predicted molar refractivity (Wildman–Crippen MR) is 82.2 cm³/mol. The van der Waals surface area contributed by atoms with E-state index in [1.807, 2.05) is 18.2 Å². The van der Waals surface area contributed by atoms with Crippen LogP contribution in [0.1, 0.15) is 12.0 Å². The molecule has 0 aliphatic heterocycles. The van der Waals surface area contributed by atoms with Gasteiger partial charge >= 0.3 is 0 Å². The van der Waals surface area contributed by atoms with Crippen LogP contribution < -0.4 is 5.32 Å². The predicted octanol–water partition coefficient (Wildman–Crippen LogP) is 4.28. The third kappa shape index (κ3) is 2.30. The molecule has 0 unspecified atom stereocenters. The summed E-state index contributed by atoms with van der Waals surface area (Å²) in [4.78, 5) is 12.6. The summed E-state index contributed by atoms with van der Waals surface area (Å²) in [6.45, 7) is 0. The highest BCUT2D eigenvalue weighted by atomic mass is 35.5. The lowest BCUT2D eigenvalue weighted by molar-refractivity contribution is -0.118. The Morgan fingerprint density at radius 1 is 1.05 bits per heavy atom. The maximum Gasteiger partial charge on any atom is 0.238 e. The number of para-hydroxylation sites is 1. The van der Waals surface area contributed by atoms with Gasteiger partial charge in [-0.3, -0.25) is 4.79 Å². The lowest BCUT2D eigenvalue weighted by atomic mass is 9.94. The van der Waals surface area contributed by atoms with Gasteiger partial charge in [0, 0.05) is 6.42 Å². The van der Waals surface area contributed by atoms with Crippen LogP contribution in [0.5, 0.6) is 0 Å². The average Bonchev–Trinajstić information content (AvgIpc) is 3.07. The van der Waals surface area contributed by atoms with Crippen LogP contribution in [0.2, 0.25) is 0 Å². The van der Waals surface area contributed by atoms with E-state index in [0.717, 1.165) is 5.56 Å². The second kappa shape index (κ2) is 5.00. The first kappa shape index (κ1) is 14.4. The standard InChI is InChI=1S/C16H12Cl2FNO/c17-16(18)10-15(16,11-6-2-1-3-7-11)14(21)20-13-9-5-4-8-12(13)19/h1-9H,10H2,(H,20,21)/t15-/m0/s1. The number of hydrogen-bond donors (Lipinski definition) is 1. The first-order chi connectivity index (χ1) is 9.97. The van der Waals surface area contributed by atoms with E-state index in [9.17, 15) is 9.18 Å². The molecule has 21 heavy (non-hydrogen) atoms. The Morgan fingerprint density at radius 2 is 1.62 bits per heavy atom. The molecule has 3 rings (SSSR count). The normalized spacial score (nSPS) is 22.6. The van der Waals surface area contributed by atoms with E-state index < -0.39 is 21.5 Å². The number of halogens is 3. The Labute approximate surface area is 131 Å². The number of anilines is 1. The number of benzene rings is 2. The molecule has 108 valence electrons. The molecule has 2 aromatic carbocycles. The molecule has 0 radical (unpaired) electrons. The zero-order valence-corrected chi connectivity index (χ0v) is 12.5. The van der Waals surface area contributed by atoms with Crippen molar-refractivity contribution in [3.63, 3.8) is 0 Å². The Balaban J connectivity index is 1.94. The molecule has 0 spiro atoms. The number of amides is 1. The van der Waals surface area contributed by atoms with Gasteiger partial charge in [0.25, 0.3) is 0 Å².